The minimum atomic E-state index is -0.873. The number of halogens is 1. The van der Waals surface area contributed by atoms with Crippen molar-refractivity contribution in [3.63, 3.8) is 0 Å². The fourth-order valence-corrected chi connectivity index (χ4v) is 3.58. The summed E-state index contributed by atoms with van der Waals surface area (Å²) in [6.45, 7) is 10.6. The van der Waals surface area contributed by atoms with Gasteiger partial charge in [-0.3, -0.25) is 0 Å². The van der Waals surface area contributed by atoms with Crippen LogP contribution in [-0.4, -0.2) is 82.4 Å². The number of ether oxygens (including phenoxy) is 2. The van der Waals surface area contributed by atoms with Gasteiger partial charge in [-0.05, 0) is 75.2 Å². The Kier molecular flexibility index (Phi) is 8.64. The predicted octanol–water partition coefficient (Wildman–Crippen LogP) is 4.27. The average molecular weight is 555 g/mol. The highest BCUT2D eigenvalue weighted by molar-refractivity contribution is 9.10. The molecule has 11 nitrogen and oxygen atoms in total. The molecule has 1 heterocycles. The normalized spacial score (nSPS) is 15.3. The summed E-state index contributed by atoms with van der Waals surface area (Å²) in [5.41, 5.74) is 5.57. The standard InChI is InChI=1S/C23H35BrN6O5/c1-22(2,3)34-19(31)26-18(29-13-27(7)20(32)28(8)14-29)30(21(33)35-23(4,5)6)12-15-9-10-17(25)16(24)11-15/h9-11H,12-14,25H2,1-8H3. The second kappa shape index (κ2) is 10.7. The van der Waals surface area contributed by atoms with Crippen molar-refractivity contribution in [3.8, 4) is 0 Å². The zero-order chi connectivity index (χ0) is 26.7. The number of urea groups is 1. The number of amides is 4. The monoisotopic (exact) mass is 554 g/mol. The van der Waals surface area contributed by atoms with Gasteiger partial charge in [-0.25, -0.2) is 19.3 Å². The van der Waals surface area contributed by atoms with Crippen molar-refractivity contribution < 1.29 is 23.9 Å². The molecule has 4 amide bonds. The molecule has 0 saturated carbocycles. The third-order valence-electron chi connectivity index (χ3n) is 4.55. The molecule has 35 heavy (non-hydrogen) atoms. The van der Waals surface area contributed by atoms with Crippen LogP contribution in [0.2, 0.25) is 0 Å². The highest BCUT2D eigenvalue weighted by Gasteiger charge is 2.35. The van der Waals surface area contributed by atoms with Gasteiger partial charge in [0.15, 0.2) is 0 Å². The van der Waals surface area contributed by atoms with Crippen LogP contribution < -0.4 is 5.73 Å². The minimum absolute atomic E-state index is 0.00681. The van der Waals surface area contributed by atoms with Crippen LogP contribution in [0.3, 0.4) is 0 Å². The van der Waals surface area contributed by atoms with Crippen LogP contribution in [0, 0.1) is 0 Å². The van der Waals surface area contributed by atoms with Crippen LogP contribution in [0.15, 0.2) is 27.7 Å². The van der Waals surface area contributed by atoms with Gasteiger partial charge in [-0.15, -0.1) is 4.99 Å². The number of hydrogen-bond donors (Lipinski definition) is 1. The molecular formula is C23H35BrN6O5. The molecule has 12 heteroatoms. The molecule has 2 N–H and O–H groups in total. The number of carbonyl (C=O) groups is 3. The lowest BCUT2D eigenvalue weighted by molar-refractivity contribution is 0.0300. The molecule has 1 aliphatic heterocycles. The topological polar surface area (TPSA) is 121 Å². The number of nitrogens with two attached hydrogens (primary N) is 1. The van der Waals surface area contributed by atoms with Crippen LogP contribution in [0.1, 0.15) is 47.1 Å². The third-order valence-corrected chi connectivity index (χ3v) is 5.23. The molecule has 194 valence electrons. The van der Waals surface area contributed by atoms with E-state index in [4.69, 9.17) is 15.2 Å². The Hall–Kier alpha value is -3.02. The number of aliphatic imine (C=N–C) groups is 1. The van der Waals surface area contributed by atoms with E-state index in [2.05, 4.69) is 20.9 Å². The molecule has 0 radical (unpaired) electrons. The van der Waals surface area contributed by atoms with Gasteiger partial charge < -0.3 is 29.9 Å². The number of nitrogen functional groups attached to an aromatic ring is 1. The number of hydrogen-bond acceptors (Lipinski definition) is 6. The molecule has 1 aliphatic rings. The Morgan fingerprint density at radius 2 is 1.60 bits per heavy atom. The lowest BCUT2D eigenvalue weighted by atomic mass is 10.2. The molecule has 1 saturated heterocycles. The Morgan fingerprint density at radius 3 is 2.09 bits per heavy atom. The number of guanidine groups is 1. The second-order valence-electron chi connectivity index (χ2n) is 10.3. The first kappa shape index (κ1) is 28.2. The first-order chi connectivity index (χ1) is 16.0. The fourth-order valence-electron chi connectivity index (χ4n) is 3.15. The van der Waals surface area contributed by atoms with Crippen molar-refractivity contribution in [2.75, 3.05) is 33.2 Å². The van der Waals surface area contributed by atoms with E-state index >= 15 is 0 Å². The Morgan fingerprint density at radius 1 is 1.06 bits per heavy atom. The maximum absolute atomic E-state index is 13.4. The molecular weight excluding hydrogens is 520 g/mol. The molecule has 0 aliphatic carbocycles. The summed E-state index contributed by atoms with van der Waals surface area (Å²) < 4.78 is 11.7. The van der Waals surface area contributed by atoms with Gasteiger partial charge in [0.05, 0.1) is 19.9 Å². The maximum Gasteiger partial charge on any atom is 0.437 e. The van der Waals surface area contributed by atoms with Crippen molar-refractivity contribution in [3.05, 3.63) is 28.2 Å². The molecule has 0 spiro atoms. The van der Waals surface area contributed by atoms with Gasteiger partial charge in [-0.1, -0.05) is 6.07 Å². The van der Waals surface area contributed by atoms with Gasteiger partial charge in [0, 0.05) is 24.3 Å². The van der Waals surface area contributed by atoms with E-state index in [9.17, 15) is 14.4 Å². The van der Waals surface area contributed by atoms with Gasteiger partial charge in [0.1, 0.15) is 11.2 Å². The van der Waals surface area contributed by atoms with E-state index in [0.717, 1.165) is 0 Å². The summed E-state index contributed by atoms with van der Waals surface area (Å²) in [4.78, 5) is 48.4. The zero-order valence-electron chi connectivity index (χ0n) is 21.6. The molecule has 1 fully saturated rings. The van der Waals surface area contributed by atoms with E-state index in [1.807, 2.05) is 0 Å². The second-order valence-corrected chi connectivity index (χ2v) is 11.2. The van der Waals surface area contributed by atoms with Crippen LogP contribution >= 0.6 is 15.9 Å². The molecule has 0 unspecified atom stereocenters. The number of anilines is 1. The molecule has 1 aromatic carbocycles. The summed E-state index contributed by atoms with van der Waals surface area (Å²) in [5.74, 6) is -0.00681. The van der Waals surface area contributed by atoms with Gasteiger partial charge in [-0.2, -0.15) is 0 Å². The highest BCUT2D eigenvalue weighted by atomic mass is 79.9. The van der Waals surface area contributed by atoms with Crippen molar-refractivity contribution in [1.29, 1.82) is 0 Å². The van der Waals surface area contributed by atoms with Crippen LogP contribution in [-0.2, 0) is 16.0 Å². The lowest BCUT2D eigenvalue weighted by Crippen LogP contribution is -2.60. The van der Waals surface area contributed by atoms with Crippen molar-refractivity contribution >= 4 is 45.8 Å². The first-order valence-electron chi connectivity index (χ1n) is 11.0. The quantitative estimate of drug-likeness (QED) is 0.329. The van der Waals surface area contributed by atoms with Crippen LogP contribution in [0.5, 0.6) is 0 Å². The van der Waals surface area contributed by atoms with Gasteiger partial charge >= 0.3 is 18.2 Å². The number of rotatable bonds is 2. The van der Waals surface area contributed by atoms with Gasteiger partial charge in [0.25, 0.3) is 0 Å². The van der Waals surface area contributed by atoms with Gasteiger partial charge in [0.2, 0.25) is 5.96 Å². The summed E-state index contributed by atoms with van der Waals surface area (Å²) in [7, 11) is 3.23. The smallest absolute Gasteiger partial charge is 0.437 e. The Balaban J connectivity index is 2.59. The Bertz CT molecular complexity index is 987. The van der Waals surface area contributed by atoms with Crippen molar-refractivity contribution in [2.24, 2.45) is 4.99 Å². The molecule has 2 rings (SSSR count). The van der Waals surface area contributed by atoms with E-state index in [-0.39, 0.29) is 31.9 Å². The zero-order valence-corrected chi connectivity index (χ0v) is 23.2. The minimum Gasteiger partial charge on any atom is -0.443 e. The van der Waals surface area contributed by atoms with E-state index in [0.29, 0.717) is 15.7 Å². The molecule has 0 bridgehead atoms. The first-order valence-corrected chi connectivity index (χ1v) is 11.8. The van der Waals surface area contributed by atoms with Crippen LogP contribution in [0.25, 0.3) is 0 Å². The van der Waals surface area contributed by atoms with Crippen LogP contribution in [0.4, 0.5) is 20.1 Å². The van der Waals surface area contributed by atoms with E-state index in [1.165, 1.54) is 14.7 Å². The number of carbonyl (C=O) groups excluding carboxylic acids is 3. The summed E-state index contributed by atoms with van der Waals surface area (Å²) in [5, 5.41) is 0. The molecule has 1 aromatic rings. The number of benzene rings is 1. The maximum atomic E-state index is 13.4. The van der Waals surface area contributed by atoms with E-state index < -0.39 is 23.4 Å². The SMILES string of the molecule is CN1CN(C(=NC(=O)OC(C)(C)C)N(Cc2ccc(N)c(Br)c2)C(=O)OC(C)(C)C)CN(C)C1=O. The highest BCUT2D eigenvalue weighted by Crippen LogP contribution is 2.23. The average Bonchev–Trinajstić information content (AvgIpc) is 2.68. The van der Waals surface area contributed by atoms with Crippen molar-refractivity contribution in [1.82, 2.24) is 19.6 Å². The Labute approximate surface area is 214 Å². The summed E-state index contributed by atoms with van der Waals surface area (Å²) >= 11 is 3.41. The van der Waals surface area contributed by atoms with E-state index in [1.54, 1.807) is 78.7 Å². The number of nitrogens with zero attached hydrogens (tertiary/aromatic N) is 5. The largest absolute Gasteiger partial charge is 0.443 e. The van der Waals surface area contributed by atoms with Crippen molar-refractivity contribution in [2.45, 2.75) is 59.3 Å². The molecule has 0 aromatic heterocycles. The third kappa shape index (κ3) is 8.30. The fraction of sp³-hybridized carbons (Fsp3) is 0.565. The summed E-state index contributed by atoms with van der Waals surface area (Å²) in [6, 6.07) is 5.04. The lowest BCUT2D eigenvalue weighted by Gasteiger charge is -2.42. The molecule has 0 atom stereocenters. The summed E-state index contributed by atoms with van der Waals surface area (Å²) in [6.07, 6.45) is -1.59. The predicted molar refractivity (Wildman–Crippen MR) is 136 cm³/mol.